The fourth-order valence-electron chi connectivity index (χ4n) is 3.97. The Labute approximate surface area is 194 Å². The molecule has 3 rings (SSSR count). The first kappa shape index (κ1) is 25.1. The lowest BCUT2D eigenvalue weighted by Gasteiger charge is -2.25. The molecular weight excluding hydrogens is 453 g/mol. The molecule has 7 nitrogen and oxygen atoms in total. The number of nitrogens with one attached hydrogen (secondary N) is 2. The van der Waals surface area contributed by atoms with Crippen LogP contribution in [0.15, 0.2) is 48.5 Å². The third-order valence-electron chi connectivity index (χ3n) is 5.97. The van der Waals surface area contributed by atoms with Gasteiger partial charge in [0, 0.05) is 5.92 Å². The van der Waals surface area contributed by atoms with Crippen molar-refractivity contribution in [1.82, 2.24) is 10.6 Å². The Morgan fingerprint density at radius 3 is 2.00 bits per heavy atom. The van der Waals surface area contributed by atoms with E-state index in [4.69, 9.17) is 4.74 Å². The van der Waals surface area contributed by atoms with Crippen molar-refractivity contribution in [3.63, 3.8) is 0 Å². The van der Waals surface area contributed by atoms with E-state index in [1.165, 1.54) is 12.2 Å². The summed E-state index contributed by atoms with van der Waals surface area (Å²) in [5.41, 5.74) is 3.65. The number of rotatable bonds is 8. The fourth-order valence-corrected chi connectivity index (χ4v) is 3.97. The number of benzene rings is 2. The highest BCUT2D eigenvalue weighted by Crippen LogP contribution is 2.44. The molecule has 0 bridgehead atoms. The van der Waals surface area contributed by atoms with Gasteiger partial charge in [-0.15, -0.1) is 0 Å². The lowest BCUT2D eigenvalue weighted by molar-refractivity contribution is -0.169. The van der Waals surface area contributed by atoms with Gasteiger partial charge < -0.3 is 20.5 Å². The van der Waals surface area contributed by atoms with Crippen LogP contribution in [0, 0.1) is 5.92 Å². The number of aliphatic carboxylic acids is 1. The number of hydrogen-bond donors (Lipinski definition) is 3. The molecule has 0 aliphatic heterocycles. The third kappa shape index (κ3) is 5.32. The van der Waals surface area contributed by atoms with Gasteiger partial charge in [-0.05, 0) is 28.2 Å². The smallest absolute Gasteiger partial charge is 0.417 e. The van der Waals surface area contributed by atoms with E-state index in [0.717, 1.165) is 22.3 Å². The topological polar surface area (TPSA) is 105 Å². The van der Waals surface area contributed by atoms with E-state index in [1.807, 2.05) is 53.8 Å². The molecule has 3 N–H and O–H groups in total. The summed E-state index contributed by atoms with van der Waals surface area (Å²) < 4.78 is 45.7. The van der Waals surface area contributed by atoms with Crippen LogP contribution in [0.3, 0.4) is 0 Å². The van der Waals surface area contributed by atoms with Gasteiger partial charge >= 0.3 is 18.2 Å². The first-order chi connectivity index (χ1) is 16.0. The maximum Gasteiger partial charge on any atom is 0.417 e. The van der Waals surface area contributed by atoms with Crippen LogP contribution < -0.4 is 10.6 Å². The van der Waals surface area contributed by atoms with Gasteiger partial charge in [0.15, 0.2) is 0 Å². The van der Waals surface area contributed by atoms with Crippen molar-refractivity contribution in [2.24, 2.45) is 5.92 Å². The average molecular weight is 478 g/mol. The molecule has 0 aromatic heterocycles. The molecule has 0 radical (unpaired) electrons. The SMILES string of the molecule is CC[C@H](C)[C@H](NC(=O)C(NC(=O)OCC1c2ccccc2-c2ccccc21)C(F)(F)F)C(=O)O. The monoisotopic (exact) mass is 478 g/mol. The highest BCUT2D eigenvalue weighted by molar-refractivity contribution is 5.90. The first-order valence-electron chi connectivity index (χ1n) is 10.8. The highest BCUT2D eigenvalue weighted by Gasteiger charge is 2.47. The Morgan fingerprint density at radius 2 is 1.53 bits per heavy atom. The van der Waals surface area contributed by atoms with Crippen LogP contribution in [-0.2, 0) is 14.3 Å². The van der Waals surface area contributed by atoms with Crippen molar-refractivity contribution in [2.45, 2.75) is 44.4 Å². The number of carbonyl (C=O) groups is 3. The van der Waals surface area contributed by atoms with Gasteiger partial charge in [0.05, 0.1) is 0 Å². The van der Waals surface area contributed by atoms with Gasteiger partial charge in [-0.3, -0.25) is 4.79 Å². The minimum Gasteiger partial charge on any atom is -0.480 e. The quantitative estimate of drug-likeness (QED) is 0.531. The summed E-state index contributed by atoms with van der Waals surface area (Å²) in [4.78, 5) is 35.9. The van der Waals surface area contributed by atoms with Crippen LogP contribution in [0.2, 0.25) is 0 Å². The van der Waals surface area contributed by atoms with Crippen molar-refractivity contribution < 1.29 is 37.4 Å². The van der Waals surface area contributed by atoms with E-state index >= 15 is 0 Å². The van der Waals surface area contributed by atoms with Gasteiger partial charge in [-0.2, -0.15) is 13.2 Å². The Bertz CT molecular complexity index is 1030. The molecule has 182 valence electrons. The summed E-state index contributed by atoms with van der Waals surface area (Å²) in [6.07, 6.45) is -6.28. The molecule has 10 heteroatoms. The molecule has 34 heavy (non-hydrogen) atoms. The second-order valence-corrected chi connectivity index (χ2v) is 8.15. The molecule has 0 saturated heterocycles. The van der Waals surface area contributed by atoms with E-state index < -0.39 is 42.1 Å². The normalized spacial score (nSPS) is 15.4. The molecule has 0 spiro atoms. The number of carboxylic acids is 1. The predicted molar refractivity (Wildman–Crippen MR) is 117 cm³/mol. The van der Waals surface area contributed by atoms with E-state index in [2.05, 4.69) is 0 Å². The van der Waals surface area contributed by atoms with Gasteiger partial charge in [-0.1, -0.05) is 68.8 Å². The zero-order valence-corrected chi connectivity index (χ0v) is 18.6. The van der Waals surface area contributed by atoms with E-state index in [9.17, 15) is 32.7 Å². The van der Waals surface area contributed by atoms with Crippen LogP contribution in [-0.4, -0.2) is 47.9 Å². The highest BCUT2D eigenvalue weighted by atomic mass is 19.4. The summed E-state index contributed by atoms with van der Waals surface area (Å²) in [6.45, 7) is 2.89. The van der Waals surface area contributed by atoms with Crippen LogP contribution in [0.1, 0.15) is 37.3 Å². The van der Waals surface area contributed by atoms with Crippen molar-refractivity contribution in [3.05, 3.63) is 59.7 Å². The number of carbonyl (C=O) groups excluding carboxylic acids is 2. The summed E-state index contributed by atoms with van der Waals surface area (Å²) in [7, 11) is 0. The van der Waals surface area contributed by atoms with Gasteiger partial charge in [0.2, 0.25) is 6.04 Å². The second kappa shape index (κ2) is 10.1. The molecule has 1 unspecified atom stereocenters. The molecule has 3 atom stereocenters. The van der Waals surface area contributed by atoms with Crippen LogP contribution in [0.5, 0.6) is 0 Å². The lowest BCUT2D eigenvalue weighted by atomic mass is 9.98. The van der Waals surface area contributed by atoms with Crippen molar-refractivity contribution in [2.75, 3.05) is 6.61 Å². The summed E-state index contributed by atoms with van der Waals surface area (Å²) in [5, 5.41) is 12.7. The molecule has 0 fully saturated rings. The number of carboxylic acid groups (broad SMARTS) is 1. The van der Waals surface area contributed by atoms with E-state index in [0.29, 0.717) is 6.42 Å². The van der Waals surface area contributed by atoms with E-state index in [-0.39, 0.29) is 12.5 Å². The first-order valence-corrected chi connectivity index (χ1v) is 10.8. The maximum atomic E-state index is 13.5. The van der Waals surface area contributed by atoms with Crippen LogP contribution in [0.25, 0.3) is 11.1 Å². The van der Waals surface area contributed by atoms with Crippen molar-refractivity contribution in [1.29, 1.82) is 0 Å². The Kier molecular flexibility index (Phi) is 7.48. The molecule has 2 amide bonds. The fraction of sp³-hybridized carbons (Fsp3) is 0.375. The molecular formula is C24H25F3N2O5. The van der Waals surface area contributed by atoms with Gasteiger partial charge in [-0.25, -0.2) is 9.59 Å². The van der Waals surface area contributed by atoms with E-state index in [1.54, 1.807) is 6.92 Å². The average Bonchev–Trinajstić information content (AvgIpc) is 3.11. The number of halogens is 3. The third-order valence-corrected chi connectivity index (χ3v) is 5.97. The molecule has 2 aromatic carbocycles. The number of ether oxygens (including phenoxy) is 1. The lowest BCUT2D eigenvalue weighted by Crippen LogP contribution is -2.58. The minimum absolute atomic E-state index is 0.239. The Hall–Kier alpha value is -3.56. The maximum absolute atomic E-state index is 13.5. The minimum atomic E-state index is -5.16. The number of alkyl halides is 3. The number of fused-ring (bicyclic) bond motifs is 3. The standard InChI is InChI=1S/C24H25F3N2O5/c1-3-13(2)19(22(31)32)28-21(30)20(24(25,26)27)29-23(33)34-12-18-16-10-6-4-8-14(16)15-9-5-7-11-17(15)18/h4-11,13,18-20H,3,12H2,1-2H3,(H,28,30)(H,29,33)(H,31,32)/t13-,19-,20?/m0/s1. The van der Waals surface area contributed by atoms with Crippen molar-refractivity contribution >= 4 is 18.0 Å². The summed E-state index contributed by atoms with van der Waals surface area (Å²) in [6, 6.07) is 10.4. The zero-order chi connectivity index (χ0) is 25.0. The molecule has 1 aliphatic carbocycles. The van der Waals surface area contributed by atoms with Crippen molar-refractivity contribution in [3.8, 4) is 11.1 Å². The molecule has 2 aromatic rings. The Morgan fingerprint density at radius 1 is 1.00 bits per heavy atom. The Balaban J connectivity index is 1.70. The van der Waals surface area contributed by atoms with Gasteiger partial charge in [0.1, 0.15) is 12.6 Å². The molecule has 1 aliphatic rings. The number of alkyl carbamates (subject to hydrolysis) is 1. The largest absolute Gasteiger partial charge is 0.480 e. The summed E-state index contributed by atoms with van der Waals surface area (Å²) >= 11 is 0. The number of amides is 2. The predicted octanol–water partition coefficient (Wildman–Crippen LogP) is 4.07. The second-order valence-electron chi connectivity index (χ2n) is 8.15. The molecule has 0 saturated carbocycles. The molecule has 0 heterocycles. The zero-order valence-electron chi connectivity index (χ0n) is 18.6. The van der Waals surface area contributed by atoms with Crippen LogP contribution >= 0.6 is 0 Å². The van der Waals surface area contributed by atoms with Crippen LogP contribution in [0.4, 0.5) is 18.0 Å². The number of hydrogen-bond acceptors (Lipinski definition) is 4. The van der Waals surface area contributed by atoms with Gasteiger partial charge in [0.25, 0.3) is 5.91 Å². The summed E-state index contributed by atoms with van der Waals surface area (Å²) in [5.74, 6) is -4.14.